The molecule has 1 saturated heterocycles. The van der Waals surface area contributed by atoms with Gasteiger partial charge in [-0.1, -0.05) is 18.3 Å². The van der Waals surface area contributed by atoms with E-state index in [2.05, 4.69) is 4.90 Å². The van der Waals surface area contributed by atoms with E-state index in [1.807, 2.05) is 13.0 Å². The fourth-order valence-corrected chi connectivity index (χ4v) is 2.66. The molecule has 1 unspecified atom stereocenters. The number of likely N-dealkylation sites (tertiary alicyclic amines) is 1. The van der Waals surface area contributed by atoms with Crippen molar-refractivity contribution in [1.82, 2.24) is 4.90 Å². The maximum absolute atomic E-state index is 13.0. The Morgan fingerprint density at radius 1 is 1.59 bits per heavy atom. The van der Waals surface area contributed by atoms with E-state index in [0.717, 1.165) is 37.1 Å². The summed E-state index contributed by atoms with van der Waals surface area (Å²) in [7, 11) is 0. The zero-order valence-electron chi connectivity index (χ0n) is 9.95. The lowest BCUT2D eigenvalue weighted by Gasteiger charge is -2.24. The zero-order valence-corrected chi connectivity index (χ0v) is 10.8. The van der Waals surface area contributed by atoms with Crippen LogP contribution in [0.25, 0.3) is 0 Å². The molecule has 1 aromatic carbocycles. The summed E-state index contributed by atoms with van der Waals surface area (Å²) in [5, 5.41) is 0. The molecule has 1 aliphatic rings. The van der Waals surface area contributed by atoms with Gasteiger partial charge in [0.25, 0.3) is 0 Å². The highest BCUT2D eigenvalue weighted by Crippen LogP contribution is 2.22. The Morgan fingerprint density at radius 2 is 2.35 bits per heavy atom. The van der Waals surface area contributed by atoms with E-state index in [4.69, 9.17) is 18.0 Å². The molecule has 17 heavy (non-hydrogen) atoms. The molecule has 1 fully saturated rings. The smallest absolute Gasteiger partial charge is 0.123 e. The van der Waals surface area contributed by atoms with Crippen LogP contribution in [0.4, 0.5) is 4.39 Å². The average molecular weight is 252 g/mol. The van der Waals surface area contributed by atoms with Gasteiger partial charge in [0.1, 0.15) is 5.82 Å². The molecule has 0 radical (unpaired) electrons. The maximum Gasteiger partial charge on any atom is 0.123 e. The molecular formula is C13H17FN2S. The lowest BCUT2D eigenvalue weighted by Crippen LogP contribution is -2.38. The molecule has 2 nitrogen and oxygen atoms in total. The summed E-state index contributed by atoms with van der Waals surface area (Å²) in [5.41, 5.74) is 7.87. The van der Waals surface area contributed by atoms with E-state index in [0.29, 0.717) is 4.99 Å². The molecule has 0 aliphatic carbocycles. The van der Waals surface area contributed by atoms with Crippen LogP contribution >= 0.6 is 12.2 Å². The lowest BCUT2D eigenvalue weighted by molar-refractivity contribution is 0.294. The van der Waals surface area contributed by atoms with Gasteiger partial charge >= 0.3 is 0 Å². The Kier molecular flexibility index (Phi) is 3.74. The number of aryl methyl sites for hydroxylation is 1. The number of hydrogen-bond acceptors (Lipinski definition) is 2. The second kappa shape index (κ2) is 5.10. The molecule has 92 valence electrons. The van der Waals surface area contributed by atoms with Crippen molar-refractivity contribution < 1.29 is 4.39 Å². The summed E-state index contributed by atoms with van der Waals surface area (Å²) in [6, 6.07) is 5.13. The highest BCUT2D eigenvalue weighted by Gasteiger charge is 2.26. The van der Waals surface area contributed by atoms with Crippen molar-refractivity contribution in [2.24, 2.45) is 5.73 Å². The third kappa shape index (κ3) is 2.82. The molecule has 0 aromatic heterocycles. The first-order chi connectivity index (χ1) is 8.08. The van der Waals surface area contributed by atoms with Gasteiger partial charge in [-0.15, -0.1) is 0 Å². The van der Waals surface area contributed by atoms with Crippen molar-refractivity contribution in [3.05, 3.63) is 35.1 Å². The normalized spacial score (nSPS) is 20.7. The Hall–Kier alpha value is -1.00. The predicted octanol–water partition coefficient (Wildman–Crippen LogP) is 2.38. The number of nitrogens with zero attached hydrogens (tertiary/aromatic N) is 1. The minimum Gasteiger partial charge on any atom is -0.392 e. The molecular weight excluding hydrogens is 235 g/mol. The number of rotatable bonds is 3. The summed E-state index contributed by atoms with van der Waals surface area (Å²) < 4.78 is 13.0. The van der Waals surface area contributed by atoms with E-state index < -0.39 is 0 Å². The summed E-state index contributed by atoms with van der Waals surface area (Å²) >= 11 is 5.08. The van der Waals surface area contributed by atoms with Gasteiger partial charge in [-0.05, 0) is 49.6 Å². The molecule has 1 aliphatic heterocycles. The minimum absolute atomic E-state index is 0.182. The fourth-order valence-electron chi connectivity index (χ4n) is 2.39. The standard InChI is InChI=1S/C13H17FN2S/c1-9-7-11(14)5-4-10(9)8-16-6-2-3-12(16)13(15)17/h4-5,7,12H,2-3,6,8H2,1H3,(H2,15,17). The van der Waals surface area contributed by atoms with Crippen LogP contribution in [0.2, 0.25) is 0 Å². The highest BCUT2D eigenvalue weighted by molar-refractivity contribution is 7.80. The summed E-state index contributed by atoms with van der Waals surface area (Å²) in [6.45, 7) is 3.75. The molecule has 0 amide bonds. The monoisotopic (exact) mass is 252 g/mol. The number of benzene rings is 1. The number of halogens is 1. The zero-order chi connectivity index (χ0) is 12.4. The predicted molar refractivity (Wildman–Crippen MR) is 71.4 cm³/mol. The highest BCUT2D eigenvalue weighted by atomic mass is 32.1. The SMILES string of the molecule is Cc1cc(F)ccc1CN1CCCC1C(N)=S. The molecule has 2 N–H and O–H groups in total. The van der Waals surface area contributed by atoms with Crippen LogP contribution in [0.1, 0.15) is 24.0 Å². The van der Waals surface area contributed by atoms with Gasteiger partial charge in [0.05, 0.1) is 11.0 Å². The summed E-state index contributed by atoms with van der Waals surface area (Å²) in [6.07, 6.45) is 2.16. The van der Waals surface area contributed by atoms with Crippen LogP contribution in [0.3, 0.4) is 0 Å². The van der Waals surface area contributed by atoms with Crippen molar-refractivity contribution in [2.75, 3.05) is 6.54 Å². The number of nitrogens with two attached hydrogens (primary N) is 1. The topological polar surface area (TPSA) is 29.3 Å². The number of hydrogen-bond donors (Lipinski definition) is 1. The molecule has 1 heterocycles. The first kappa shape index (κ1) is 12.5. The molecule has 1 atom stereocenters. The Labute approximate surface area is 107 Å². The van der Waals surface area contributed by atoms with Crippen molar-refractivity contribution in [3.63, 3.8) is 0 Å². The van der Waals surface area contributed by atoms with Crippen molar-refractivity contribution in [1.29, 1.82) is 0 Å². The second-order valence-electron chi connectivity index (χ2n) is 4.60. The summed E-state index contributed by atoms with van der Waals surface area (Å²) in [5.74, 6) is -0.182. The van der Waals surface area contributed by atoms with Gasteiger partial charge in [-0.2, -0.15) is 0 Å². The van der Waals surface area contributed by atoms with Crippen LogP contribution in [-0.4, -0.2) is 22.5 Å². The third-order valence-electron chi connectivity index (χ3n) is 3.37. The first-order valence-corrected chi connectivity index (χ1v) is 6.27. The fraction of sp³-hybridized carbons (Fsp3) is 0.462. The first-order valence-electron chi connectivity index (χ1n) is 5.86. The largest absolute Gasteiger partial charge is 0.392 e. The number of thiocarbonyl (C=S) groups is 1. The Morgan fingerprint density at radius 3 is 3.00 bits per heavy atom. The maximum atomic E-state index is 13.0. The van der Waals surface area contributed by atoms with Gasteiger partial charge in [-0.3, -0.25) is 4.90 Å². The Bertz CT molecular complexity index is 433. The average Bonchev–Trinajstić information content (AvgIpc) is 2.70. The lowest BCUT2D eigenvalue weighted by atomic mass is 10.1. The van der Waals surface area contributed by atoms with Crippen LogP contribution in [0.5, 0.6) is 0 Å². The van der Waals surface area contributed by atoms with Gasteiger partial charge in [0, 0.05) is 6.54 Å². The molecule has 2 rings (SSSR count). The van der Waals surface area contributed by atoms with Crippen LogP contribution in [0, 0.1) is 12.7 Å². The van der Waals surface area contributed by atoms with Gasteiger partial charge < -0.3 is 5.73 Å². The van der Waals surface area contributed by atoms with E-state index in [1.165, 1.54) is 6.07 Å². The van der Waals surface area contributed by atoms with Crippen molar-refractivity contribution >= 4 is 17.2 Å². The summed E-state index contributed by atoms with van der Waals surface area (Å²) in [4.78, 5) is 2.85. The van der Waals surface area contributed by atoms with E-state index in [1.54, 1.807) is 6.07 Å². The van der Waals surface area contributed by atoms with Gasteiger partial charge in [0.15, 0.2) is 0 Å². The van der Waals surface area contributed by atoms with E-state index in [-0.39, 0.29) is 11.9 Å². The molecule has 1 aromatic rings. The molecule has 0 saturated carbocycles. The second-order valence-corrected chi connectivity index (χ2v) is 5.07. The molecule has 0 bridgehead atoms. The van der Waals surface area contributed by atoms with Gasteiger partial charge in [-0.25, -0.2) is 4.39 Å². The van der Waals surface area contributed by atoms with E-state index >= 15 is 0 Å². The quantitative estimate of drug-likeness (QED) is 0.838. The van der Waals surface area contributed by atoms with Crippen molar-refractivity contribution in [2.45, 2.75) is 32.4 Å². The molecule has 4 heteroatoms. The van der Waals surface area contributed by atoms with Crippen molar-refractivity contribution in [3.8, 4) is 0 Å². The third-order valence-corrected chi connectivity index (χ3v) is 3.64. The minimum atomic E-state index is -0.182. The van der Waals surface area contributed by atoms with Crippen LogP contribution < -0.4 is 5.73 Å². The van der Waals surface area contributed by atoms with Crippen LogP contribution in [0.15, 0.2) is 18.2 Å². The van der Waals surface area contributed by atoms with Crippen LogP contribution in [-0.2, 0) is 6.54 Å². The van der Waals surface area contributed by atoms with E-state index in [9.17, 15) is 4.39 Å². The Balaban J connectivity index is 2.12. The van der Waals surface area contributed by atoms with Gasteiger partial charge in [0.2, 0.25) is 0 Å². The molecule has 0 spiro atoms.